The first-order valence-electron chi connectivity index (χ1n) is 7.37. The fourth-order valence-electron chi connectivity index (χ4n) is 2.20. The highest BCUT2D eigenvalue weighted by Gasteiger charge is 2.19. The molecule has 0 aliphatic rings. The Balaban J connectivity index is 2.06. The highest BCUT2D eigenvalue weighted by atomic mass is 19.2. The quantitative estimate of drug-likeness (QED) is 0.648. The summed E-state index contributed by atoms with van der Waals surface area (Å²) in [6.07, 6.45) is 0. The molecular formula is C17H13F5N2O2. The van der Waals surface area contributed by atoms with Gasteiger partial charge in [0.15, 0.2) is 29.1 Å². The van der Waals surface area contributed by atoms with Crippen LogP contribution in [0.15, 0.2) is 30.3 Å². The van der Waals surface area contributed by atoms with Crippen LogP contribution in [0.4, 0.5) is 27.6 Å². The van der Waals surface area contributed by atoms with Gasteiger partial charge < -0.3 is 10.2 Å². The molecule has 0 heterocycles. The van der Waals surface area contributed by atoms with Crippen molar-refractivity contribution < 1.29 is 31.5 Å². The minimum atomic E-state index is -1.77. The zero-order valence-corrected chi connectivity index (χ0v) is 13.5. The van der Waals surface area contributed by atoms with E-state index < -0.39 is 46.5 Å². The molecule has 4 nitrogen and oxygen atoms in total. The Morgan fingerprint density at radius 2 is 1.58 bits per heavy atom. The summed E-state index contributed by atoms with van der Waals surface area (Å²) in [5.74, 6) is -8.60. The van der Waals surface area contributed by atoms with Gasteiger partial charge in [-0.3, -0.25) is 9.59 Å². The fourth-order valence-corrected chi connectivity index (χ4v) is 2.20. The minimum Gasteiger partial charge on any atom is -0.350 e. The molecule has 0 radical (unpaired) electrons. The van der Waals surface area contributed by atoms with Gasteiger partial charge in [0.05, 0.1) is 5.56 Å². The van der Waals surface area contributed by atoms with E-state index >= 15 is 0 Å². The number of hydrogen-bond acceptors (Lipinski definition) is 2. The average molecular weight is 372 g/mol. The molecule has 0 unspecified atom stereocenters. The molecule has 0 fully saturated rings. The number of amides is 2. The van der Waals surface area contributed by atoms with Gasteiger partial charge in [0.25, 0.3) is 5.91 Å². The largest absolute Gasteiger partial charge is 0.350 e. The number of halogens is 5. The molecule has 2 aromatic rings. The Bertz CT molecular complexity index is 857. The third kappa shape index (κ3) is 4.16. The summed E-state index contributed by atoms with van der Waals surface area (Å²) < 4.78 is 65.9. The summed E-state index contributed by atoms with van der Waals surface area (Å²) >= 11 is 0. The summed E-state index contributed by atoms with van der Waals surface area (Å²) in [5.41, 5.74) is -0.643. The summed E-state index contributed by atoms with van der Waals surface area (Å²) in [6, 6.07) is 4.22. The first kappa shape index (κ1) is 19.4. The van der Waals surface area contributed by atoms with E-state index in [0.717, 1.165) is 23.1 Å². The molecule has 0 atom stereocenters. The van der Waals surface area contributed by atoms with Crippen LogP contribution in [-0.2, 0) is 4.79 Å². The molecule has 1 N–H and O–H groups in total. The van der Waals surface area contributed by atoms with E-state index in [1.807, 2.05) is 0 Å². The average Bonchev–Trinajstić information content (AvgIpc) is 2.59. The van der Waals surface area contributed by atoms with Crippen LogP contribution in [-0.4, -0.2) is 24.9 Å². The standard InChI is InChI=1S/C17H13F5N2O2/c1-9(25)24(10-2-4-12(18)14(20)8-10)7-6-23-17(26)11-3-5-13(19)16(22)15(11)21/h2-5,8H,6-7H2,1H3,(H,23,26). The van der Waals surface area contributed by atoms with Gasteiger partial charge in [-0.25, -0.2) is 22.0 Å². The number of rotatable bonds is 5. The normalized spacial score (nSPS) is 10.5. The van der Waals surface area contributed by atoms with Gasteiger partial charge >= 0.3 is 0 Å². The first-order valence-corrected chi connectivity index (χ1v) is 7.37. The predicted octanol–water partition coefficient (Wildman–Crippen LogP) is 3.17. The molecule has 2 aromatic carbocycles. The topological polar surface area (TPSA) is 49.4 Å². The number of nitrogens with one attached hydrogen (secondary N) is 1. The second-order valence-electron chi connectivity index (χ2n) is 5.25. The first-order chi connectivity index (χ1) is 12.2. The summed E-state index contributed by atoms with van der Waals surface area (Å²) in [7, 11) is 0. The fraction of sp³-hybridized carbons (Fsp3) is 0.176. The van der Waals surface area contributed by atoms with Gasteiger partial charge in [-0.2, -0.15) is 0 Å². The molecule has 0 aromatic heterocycles. The summed E-state index contributed by atoms with van der Waals surface area (Å²) in [6.45, 7) is 0.839. The molecule has 0 aliphatic carbocycles. The van der Waals surface area contributed by atoms with E-state index in [0.29, 0.717) is 6.07 Å². The van der Waals surface area contributed by atoms with Crippen molar-refractivity contribution in [2.45, 2.75) is 6.92 Å². The van der Waals surface area contributed by atoms with Crippen LogP contribution in [0.3, 0.4) is 0 Å². The number of benzene rings is 2. The SMILES string of the molecule is CC(=O)N(CCNC(=O)c1ccc(F)c(F)c1F)c1ccc(F)c(F)c1. The zero-order valence-electron chi connectivity index (χ0n) is 13.5. The minimum absolute atomic E-state index is 0.0599. The molecule has 0 aliphatic heterocycles. The van der Waals surface area contributed by atoms with E-state index in [4.69, 9.17) is 0 Å². The van der Waals surface area contributed by atoms with Gasteiger partial charge in [-0.1, -0.05) is 0 Å². The third-order valence-electron chi connectivity index (χ3n) is 3.50. The maximum Gasteiger partial charge on any atom is 0.254 e. The van der Waals surface area contributed by atoms with Crippen LogP contribution in [0.1, 0.15) is 17.3 Å². The van der Waals surface area contributed by atoms with Crippen molar-refractivity contribution in [3.05, 3.63) is 65.0 Å². The highest BCUT2D eigenvalue weighted by Crippen LogP contribution is 2.18. The van der Waals surface area contributed by atoms with Crippen molar-refractivity contribution in [1.82, 2.24) is 5.32 Å². The number of hydrogen-bond donors (Lipinski definition) is 1. The highest BCUT2D eigenvalue weighted by molar-refractivity contribution is 5.95. The monoisotopic (exact) mass is 372 g/mol. The van der Waals surface area contributed by atoms with Crippen molar-refractivity contribution in [3.63, 3.8) is 0 Å². The summed E-state index contributed by atoms with van der Waals surface area (Å²) in [5, 5.41) is 2.24. The van der Waals surface area contributed by atoms with Crippen molar-refractivity contribution in [2.75, 3.05) is 18.0 Å². The van der Waals surface area contributed by atoms with E-state index in [1.165, 1.54) is 13.0 Å². The second kappa shape index (κ2) is 7.94. The van der Waals surface area contributed by atoms with Crippen LogP contribution >= 0.6 is 0 Å². The lowest BCUT2D eigenvalue weighted by Gasteiger charge is -2.21. The van der Waals surface area contributed by atoms with Crippen LogP contribution in [0, 0.1) is 29.1 Å². The number of nitrogens with zero attached hydrogens (tertiary/aromatic N) is 1. The molecule has 0 bridgehead atoms. The molecular weight excluding hydrogens is 359 g/mol. The molecule has 0 spiro atoms. The predicted molar refractivity (Wildman–Crippen MR) is 83.0 cm³/mol. The lowest BCUT2D eigenvalue weighted by Crippen LogP contribution is -2.38. The van der Waals surface area contributed by atoms with Crippen LogP contribution in [0.5, 0.6) is 0 Å². The lowest BCUT2D eigenvalue weighted by atomic mass is 10.2. The Labute approximate surface area is 145 Å². The van der Waals surface area contributed by atoms with Crippen molar-refractivity contribution in [1.29, 1.82) is 0 Å². The van der Waals surface area contributed by atoms with Crippen molar-refractivity contribution >= 4 is 17.5 Å². The Morgan fingerprint density at radius 3 is 2.19 bits per heavy atom. The lowest BCUT2D eigenvalue weighted by molar-refractivity contribution is -0.116. The molecule has 9 heteroatoms. The Hall–Kier alpha value is -2.97. The Morgan fingerprint density at radius 1 is 0.923 bits per heavy atom. The molecule has 0 saturated carbocycles. The zero-order chi connectivity index (χ0) is 19.4. The van der Waals surface area contributed by atoms with Gasteiger partial charge in [-0.05, 0) is 24.3 Å². The van der Waals surface area contributed by atoms with E-state index in [1.54, 1.807) is 0 Å². The molecule has 2 rings (SSSR count). The Kier molecular flexibility index (Phi) is 5.91. The molecule has 26 heavy (non-hydrogen) atoms. The number of anilines is 1. The van der Waals surface area contributed by atoms with Crippen molar-refractivity contribution in [2.24, 2.45) is 0 Å². The molecule has 2 amide bonds. The summed E-state index contributed by atoms with van der Waals surface area (Å²) in [4.78, 5) is 24.6. The van der Waals surface area contributed by atoms with E-state index in [-0.39, 0.29) is 18.8 Å². The molecule has 138 valence electrons. The van der Waals surface area contributed by atoms with E-state index in [9.17, 15) is 31.5 Å². The number of carbonyl (C=O) groups excluding carboxylic acids is 2. The van der Waals surface area contributed by atoms with Gasteiger partial charge in [0.1, 0.15) is 0 Å². The smallest absolute Gasteiger partial charge is 0.254 e. The molecule has 0 saturated heterocycles. The van der Waals surface area contributed by atoms with Crippen molar-refractivity contribution in [3.8, 4) is 0 Å². The van der Waals surface area contributed by atoms with Gasteiger partial charge in [0, 0.05) is 31.8 Å². The maximum atomic E-state index is 13.6. The van der Waals surface area contributed by atoms with Gasteiger partial charge in [-0.15, -0.1) is 0 Å². The van der Waals surface area contributed by atoms with Gasteiger partial charge in [0.2, 0.25) is 5.91 Å². The second-order valence-corrected chi connectivity index (χ2v) is 5.25. The third-order valence-corrected chi connectivity index (χ3v) is 3.50. The van der Waals surface area contributed by atoms with E-state index in [2.05, 4.69) is 5.32 Å². The number of carbonyl (C=O) groups is 2. The van der Waals surface area contributed by atoms with Crippen LogP contribution in [0.25, 0.3) is 0 Å². The van der Waals surface area contributed by atoms with Crippen LogP contribution in [0.2, 0.25) is 0 Å². The maximum absolute atomic E-state index is 13.6. The van der Waals surface area contributed by atoms with Crippen LogP contribution < -0.4 is 10.2 Å².